The average molecular weight is 289 g/mol. The number of carbonyl (C=O) groups excluding carboxylic acids is 1. The van der Waals surface area contributed by atoms with E-state index in [-0.39, 0.29) is 13.0 Å². The van der Waals surface area contributed by atoms with Crippen molar-refractivity contribution in [3.63, 3.8) is 0 Å². The van der Waals surface area contributed by atoms with Crippen molar-refractivity contribution < 1.29 is 19.1 Å². The van der Waals surface area contributed by atoms with Crippen molar-refractivity contribution in [1.29, 1.82) is 0 Å². The van der Waals surface area contributed by atoms with Gasteiger partial charge in [0.1, 0.15) is 0 Å². The zero-order chi connectivity index (χ0) is 15.0. The van der Waals surface area contributed by atoms with Gasteiger partial charge in [-0.2, -0.15) is 0 Å². The number of carboxylic acid groups (broad SMARTS) is 1. The molecule has 0 saturated carbocycles. The van der Waals surface area contributed by atoms with Gasteiger partial charge in [0.15, 0.2) is 0 Å². The molecule has 7 heteroatoms. The second-order valence-corrected chi connectivity index (χ2v) is 5.01. The molecule has 6 nitrogen and oxygen atoms in total. The summed E-state index contributed by atoms with van der Waals surface area (Å²) in [5.74, 6) is -1.93. The highest BCUT2D eigenvalue weighted by Crippen LogP contribution is 2.27. The fourth-order valence-electron chi connectivity index (χ4n) is 2.40. The number of hydrogen-bond donors (Lipinski definition) is 1. The zero-order valence-corrected chi connectivity index (χ0v) is 11.0. The van der Waals surface area contributed by atoms with Crippen molar-refractivity contribution in [3.8, 4) is 0 Å². The van der Waals surface area contributed by atoms with Crippen LogP contribution in [0.2, 0.25) is 0 Å². The standard InChI is InChI=1S/C14H12FN3O3/c15-14(13(20)21)3-6-18(8-14)12(19)9-1-2-10-11(7-9)17-5-4-16-10/h1-2,4-5,7H,3,6,8H2,(H,20,21). The van der Waals surface area contributed by atoms with Crippen LogP contribution in [-0.2, 0) is 4.79 Å². The third-order valence-electron chi connectivity index (χ3n) is 3.61. The Labute approximate surface area is 119 Å². The molecule has 1 aromatic heterocycles. The molecular weight excluding hydrogens is 277 g/mol. The van der Waals surface area contributed by atoms with Crippen LogP contribution >= 0.6 is 0 Å². The van der Waals surface area contributed by atoms with Crippen LogP contribution in [-0.4, -0.2) is 50.6 Å². The number of benzene rings is 1. The number of halogens is 1. The van der Waals surface area contributed by atoms with Crippen LogP contribution in [0.15, 0.2) is 30.6 Å². The lowest BCUT2D eigenvalue weighted by molar-refractivity contribution is -0.149. The number of carboxylic acids is 1. The zero-order valence-electron chi connectivity index (χ0n) is 11.0. The molecule has 0 bridgehead atoms. The molecule has 1 aliphatic heterocycles. The number of alkyl halides is 1. The number of likely N-dealkylation sites (tertiary alicyclic amines) is 1. The van der Waals surface area contributed by atoms with Gasteiger partial charge in [-0.3, -0.25) is 14.8 Å². The highest BCUT2D eigenvalue weighted by molar-refractivity contribution is 5.98. The van der Waals surface area contributed by atoms with Gasteiger partial charge in [-0.05, 0) is 18.2 Å². The minimum Gasteiger partial charge on any atom is -0.479 e. The molecule has 3 rings (SSSR count). The number of aliphatic carboxylic acids is 1. The molecule has 1 atom stereocenters. The van der Waals surface area contributed by atoms with Crippen LogP contribution in [0, 0.1) is 0 Å². The Kier molecular flexibility index (Phi) is 3.04. The first-order chi connectivity index (χ1) is 9.99. The predicted molar refractivity (Wildman–Crippen MR) is 71.5 cm³/mol. The molecule has 1 saturated heterocycles. The number of amides is 1. The van der Waals surface area contributed by atoms with Gasteiger partial charge in [-0.1, -0.05) is 0 Å². The summed E-state index contributed by atoms with van der Waals surface area (Å²) in [7, 11) is 0. The van der Waals surface area contributed by atoms with Gasteiger partial charge in [0.2, 0.25) is 5.67 Å². The third kappa shape index (κ3) is 2.31. The Balaban J connectivity index is 1.86. The Morgan fingerprint density at radius 2 is 1.95 bits per heavy atom. The molecule has 1 amide bonds. The second kappa shape index (κ2) is 4.76. The molecule has 108 valence electrons. The van der Waals surface area contributed by atoms with Gasteiger partial charge in [0.25, 0.3) is 5.91 Å². The lowest BCUT2D eigenvalue weighted by atomic mass is 10.1. The molecule has 0 radical (unpaired) electrons. The van der Waals surface area contributed by atoms with E-state index < -0.39 is 24.1 Å². The van der Waals surface area contributed by atoms with Gasteiger partial charge in [0.05, 0.1) is 17.6 Å². The van der Waals surface area contributed by atoms with Crippen molar-refractivity contribution in [2.45, 2.75) is 12.1 Å². The van der Waals surface area contributed by atoms with Gasteiger partial charge in [-0.15, -0.1) is 0 Å². The lowest BCUT2D eigenvalue weighted by Gasteiger charge is -2.17. The number of hydrogen-bond acceptors (Lipinski definition) is 4. The maximum Gasteiger partial charge on any atom is 0.343 e. The van der Waals surface area contributed by atoms with Crippen LogP contribution in [0.25, 0.3) is 11.0 Å². The average Bonchev–Trinajstić information content (AvgIpc) is 2.90. The number of aromatic nitrogens is 2. The third-order valence-corrected chi connectivity index (χ3v) is 3.61. The fraction of sp³-hybridized carbons (Fsp3) is 0.286. The smallest absolute Gasteiger partial charge is 0.343 e. The van der Waals surface area contributed by atoms with E-state index in [0.29, 0.717) is 16.6 Å². The SMILES string of the molecule is O=C(c1ccc2nccnc2c1)N1CCC(F)(C(=O)O)C1. The number of fused-ring (bicyclic) bond motifs is 1. The van der Waals surface area contributed by atoms with E-state index in [2.05, 4.69) is 9.97 Å². The maximum atomic E-state index is 14.0. The van der Waals surface area contributed by atoms with Gasteiger partial charge < -0.3 is 10.0 Å². The summed E-state index contributed by atoms with van der Waals surface area (Å²) in [5.41, 5.74) is -0.794. The van der Waals surface area contributed by atoms with Crippen LogP contribution in [0.1, 0.15) is 16.8 Å². The normalized spacial score (nSPS) is 21.7. The topological polar surface area (TPSA) is 83.4 Å². The lowest BCUT2D eigenvalue weighted by Crippen LogP contribution is -2.38. The minimum atomic E-state index is -2.35. The molecule has 1 aliphatic rings. The van der Waals surface area contributed by atoms with Crippen molar-refractivity contribution in [2.75, 3.05) is 13.1 Å². The Morgan fingerprint density at radius 3 is 2.62 bits per heavy atom. The van der Waals surface area contributed by atoms with E-state index >= 15 is 0 Å². The van der Waals surface area contributed by atoms with Crippen molar-refractivity contribution in [3.05, 3.63) is 36.2 Å². The van der Waals surface area contributed by atoms with Crippen molar-refractivity contribution in [1.82, 2.24) is 14.9 Å². The Bertz CT molecular complexity index is 736. The number of carbonyl (C=O) groups is 2. The number of nitrogens with zero attached hydrogens (tertiary/aromatic N) is 3. The van der Waals surface area contributed by atoms with E-state index in [1.54, 1.807) is 24.4 Å². The quantitative estimate of drug-likeness (QED) is 0.900. The molecule has 2 aromatic rings. The van der Waals surface area contributed by atoms with Gasteiger partial charge in [0, 0.05) is 30.9 Å². The molecule has 1 fully saturated rings. The Hall–Kier alpha value is -2.57. The van der Waals surface area contributed by atoms with E-state index in [9.17, 15) is 14.0 Å². The fourth-order valence-corrected chi connectivity index (χ4v) is 2.40. The minimum absolute atomic E-state index is 0.0835. The molecule has 1 unspecified atom stereocenters. The molecule has 1 aromatic carbocycles. The molecule has 2 heterocycles. The first-order valence-corrected chi connectivity index (χ1v) is 6.42. The summed E-state index contributed by atoms with van der Waals surface area (Å²) in [6.45, 7) is -0.347. The van der Waals surface area contributed by atoms with E-state index in [0.717, 1.165) is 0 Å². The van der Waals surface area contributed by atoms with Crippen LogP contribution < -0.4 is 0 Å². The predicted octanol–water partition coefficient (Wildman–Crippen LogP) is 1.27. The Morgan fingerprint density at radius 1 is 1.24 bits per heavy atom. The van der Waals surface area contributed by atoms with E-state index in [4.69, 9.17) is 5.11 Å². The molecule has 0 spiro atoms. The largest absolute Gasteiger partial charge is 0.479 e. The highest BCUT2D eigenvalue weighted by atomic mass is 19.1. The van der Waals surface area contributed by atoms with Crippen LogP contribution in [0.5, 0.6) is 0 Å². The van der Waals surface area contributed by atoms with Crippen molar-refractivity contribution >= 4 is 22.9 Å². The second-order valence-electron chi connectivity index (χ2n) is 5.01. The monoisotopic (exact) mass is 289 g/mol. The van der Waals surface area contributed by atoms with Crippen LogP contribution in [0.4, 0.5) is 4.39 Å². The van der Waals surface area contributed by atoms with E-state index in [1.807, 2.05) is 0 Å². The number of rotatable bonds is 2. The maximum absolute atomic E-state index is 14.0. The van der Waals surface area contributed by atoms with E-state index in [1.165, 1.54) is 11.1 Å². The molecule has 1 N–H and O–H groups in total. The summed E-state index contributed by atoms with van der Waals surface area (Å²) in [5, 5.41) is 8.85. The summed E-state index contributed by atoms with van der Waals surface area (Å²) in [6.07, 6.45) is 2.87. The highest BCUT2D eigenvalue weighted by Gasteiger charge is 2.46. The summed E-state index contributed by atoms with van der Waals surface area (Å²) in [4.78, 5) is 32.6. The van der Waals surface area contributed by atoms with Gasteiger partial charge in [-0.25, -0.2) is 9.18 Å². The van der Waals surface area contributed by atoms with Crippen LogP contribution in [0.3, 0.4) is 0 Å². The molecule has 21 heavy (non-hydrogen) atoms. The first kappa shape index (κ1) is 13.4. The summed E-state index contributed by atoms with van der Waals surface area (Å²) in [6, 6.07) is 4.81. The first-order valence-electron chi connectivity index (χ1n) is 6.42. The molecule has 0 aliphatic carbocycles. The summed E-state index contributed by atoms with van der Waals surface area (Å²) < 4.78 is 14.0. The summed E-state index contributed by atoms with van der Waals surface area (Å²) >= 11 is 0. The van der Waals surface area contributed by atoms with Crippen molar-refractivity contribution in [2.24, 2.45) is 0 Å². The van der Waals surface area contributed by atoms with Gasteiger partial charge >= 0.3 is 5.97 Å². The molecular formula is C14H12FN3O3.